The zero-order chi connectivity index (χ0) is 12.0. The molecule has 0 aromatic carbocycles. The van der Waals surface area contributed by atoms with Crippen LogP contribution in [-0.2, 0) is 9.53 Å². The third-order valence-electron chi connectivity index (χ3n) is 2.53. The maximum atomic E-state index is 11.7. The Bertz CT molecular complexity index is 252. The normalized spacial score (nSPS) is 14.4. The van der Waals surface area contributed by atoms with Crippen LogP contribution in [0.25, 0.3) is 0 Å². The zero-order valence-corrected chi connectivity index (χ0v) is 9.99. The van der Waals surface area contributed by atoms with Crippen LogP contribution in [0, 0.1) is 5.92 Å². The van der Waals surface area contributed by atoms with Gasteiger partial charge in [-0.15, -0.1) is 0 Å². The van der Waals surface area contributed by atoms with Gasteiger partial charge in [0, 0.05) is 13.1 Å². The lowest BCUT2D eigenvalue weighted by Gasteiger charge is -2.20. The number of ether oxygens (including phenoxy) is 1. The molecule has 1 N–H and O–H groups in total. The largest absolute Gasteiger partial charge is 0.465 e. The van der Waals surface area contributed by atoms with Gasteiger partial charge in [0.25, 0.3) is 0 Å². The maximum absolute atomic E-state index is 11.7. The van der Waals surface area contributed by atoms with Crippen LogP contribution in [0.1, 0.15) is 26.7 Å². The number of esters is 1. The second-order valence-electron chi connectivity index (χ2n) is 3.95. The number of nitrogens with zero attached hydrogens (tertiary/aromatic N) is 1. The fourth-order valence-electron chi connectivity index (χ4n) is 1.44. The number of carbonyl (C=O) groups excluding carboxylic acids is 2. The van der Waals surface area contributed by atoms with E-state index in [1.165, 1.54) is 12.8 Å². The lowest BCUT2D eigenvalue weighted by Crippen LogP contribution is -2.43. The Kier molecular flexibility index (Phi) is 5.08. The summed E-state index contributed by atoms with van der Waals surface area (Å²) in [5, 5.41) is 2.56. The van der Waals surface area contributed by atoms with Gasteiger partial charge in [0.2, 0.25) is 0 Å². The van der Waals surface area contributed by atoms with Gasteiger partial charge in [0.05, 0.1) is 6.61 Å². The molecule has 0 unspecified atom stereocenters. The summed E-state index contributed by atoms with van der Waals surface area (Å²) in [6.45, 7) is 5.44. The summed E-state index contributed by atoms with van der Waals surface area (Å²) in [5.41, 5.74) is 0. The van der Waals surface area contributed by atoms with Crippen molar-refractivity contribution in [2.45, 2.75) is 26.7 Å². The van der Waals surface area contributed by atoms with Crippen LogP contribution in [0.5, 0.6) is 0 Å². The molecule has 92 valence electrons. The quantitative estimate of drug-likeness (QED) is 0.690. The minimum atomic E-state index is -0.390. The van der Waals surface area contributed by atoms with E-state index in [1.54, 1.807) is 11.8 Å². The van der Waals surface area contributed by atoms with Crippen molar-refractivity contribution in [3.8, 4) is 0 Å². The van der Waals surface area contributed by atoms with Crippen molar-refractivity contribution in [1.29, 1.82) is 0 Å². The van der Waals surface area contributed by atoms with Crippen molar-refractivity contribution in [2.75, 3.05) is 26.2 Å². The number of nitrogens with one attached hydrogen (secondary N) is 1. The highest BCUT2D eigenvalue weighted by Gasteiger charge is 2.25. The van der Waals surface area contributed by atoms with E-state index >= 15 is 0 Å². The fraction of sp³-hybridized carbons (Fsp3) is 0.818. The molecular formula is C11H20N2O3. The molecule has 1 rings (SSSR count). The van der Waals surface area contributed by atoms with Crippen LogP contribution in [0.2, 0.25) is 0 Å². The summed E-state index contributed by atoms with van der Waals surface area (Å²) in [4.78, 5) is 24.4. The van der Waals surface area contributed by atoms with Crippen LogP contribution < -0.4 is 5.32 Å². The zero-order valence-electron chi connectivity index (χ0n) is 9.99. The van der Waals surface area contributed by atoms with E-state index in [-0.39, 0.29) is 12.6 Å². The molecule has 5 heteroatoms. The summed E-state index contributed by atoms with van der Waals surface area (Å²) in [5.74, 6) is 0.270. The van der Waals surface area contributed by atoms with Gasteiger partial charge in [-0.3, -0.25) is 4.79 Å². The molecule has 0 aromatic heterocycles. The minimum Gasteiger partial charge on any atom is -0.465 e. The Morgan fingerprint density at radius 3 is 2.56 bits per heavy atom. The van der Waals surface area contributed by atoms with Gasteiger partial charge >= 0.3 is 12.0 Å². The molecule has 2 amide bonds. The SMILES string of the molecule is CCOC(=O)CNC(=O)N(CC)CC1CC1. The number of rotatable bonds is 6. The van der Waals surface area contributed by atoms with E-state index in [2.05, 4.69) is 5.32 Å². The maximum Gasteiger partial charge on any atom is 0.325 e. The second kappa shape index (κ2) is 6.35. The van der Waals surface area contributed by atoms with E-state index in [0.29, 0.717) is 19.1 Å². The summed E-state index contributed by atoms with van der Waals surface area (Å²) < 4.78 is 4.73. The molecule has 1 aliphatic rings. The first-order valence-corrected chi connectivity index (χ1v) is 5.85. The summed E-state index contributed by atoms with van der Waals surface area (Å²) in [6, 6.07) is -0.178. The molecular weight excluding hydrogens is 208 g/mol. The van der Waals surface area contributed by atoms with Crippen LogP contribution >= 0.6 is 0 Å². The smallest absolute Gasteiger partial charge is 0.325 e. The van der Waals surface area contributed by atoms with Gasteiger partial charge < -0.3 is 15.0 Å². The average Bonchev–Trinajstić information content (AvgIpc) is 3.07. The summed E-state index contributed by atoms with van der Waals surface area (Å²) >= 11 is 0. The van der Waals surface area contributed by atoms with Gasteiger partial charge in [-0.05, 0) is 32.6 Å². The Morgan fingerprint density at radius 2 is 2.06 bits per heavy atom. The Hall–Kier alpha value is -1.26. The molecule has 1 fully saturated rings. The molecule has 1 aliphatic carbocycles. The molecule has 1 saturated carbocycles. The highest BCUT2D eigenvalue weighted by molar-refractivity contribution is 5.80. The lowest BCUT2D eigenvalue weighted by molar-refractivity contribution is -0.141. The Balaban J connectivity index is 2.22. The lowest BCUT2D eigenvalue weighted by atomic mass is 10.4. The van der Waals surface area contributed by atoms with E-state index in [1.807, 2.05) is 6.92 Å². The van der Waals surface area contributed by atoms with Gasteiger partial charge in [0.1, 0.15) is 6.54 Å². The van der Waals surface area contributed by atoms with Gasteiger partial charge in [-0.25, -0.2) is 4.79 Å². The number of hydrogen-bond acceptors (Lipinski definition) is 3. The monoisotopic (exact) mass is 228 g/mol. The van der Waals surface area contributed by atoms with Crippen molar-refractivity contribution in [3.05, 3.63) is 0 Å². The van der Waals surface area contributed by atoms with Gasteiger partial charge in [-0.1, -0.05) is 0 Å². The van der Waals surface area contributed by atoms with Crippen LogP contribution in [0.4, 0.5) is 4.79 Å². The van der Waals surface area contributed by atoms with Crippen molar-refractivity contribution in [1.82, 2.24) is 10.2 Å². The molecule has 0 radical (unpaired) electrons. The number of carbonyl (C=O) groups is 2. The summed E-state index contributed by atoms with van der Waals surface area (Å²) in [7, 11) is 0. The molecule has 0 spiro atoms. The van der Waals surface area contributed by atoms with Crippen molar-refractivity contribution in [2.24, 2.45) is 5.92 Å². The van der Waals surface area contributed by atoms with E-state index in [4.69, 9.17) is 4.74 Å². The number of amides is 2. The van der Waals surface area contributed by atoms with Gasteiger partial charge in [-0.2, -0.15) is 0 Å². The predicted octanol–water partition coefficient (Wildman–Crippen LogP) is 0.991. The molecule has 0 atom stereocenters. The van der Waals surface area contributed by atoms with E-state index in [0.717, 1.165) is 6.54 Å². The first-order chi connectivity index (χ1) is 7.67. The van der Waals surface area contributed by atoms with Crippen molar-refractivity contribution >= 4 is 12.0 Å². The van der Waals surface area contributed by atoms with E-state index < -0.39 is 5.97 Å². The number of hydrogen-bond donors (Lipinski definition) is 1. The minimum absolute atomic E-state index is 0.0478. The molecule has 0 saturated heterocycles. The Morgan fingerprint density at radius 1 is 1.38 bits per heavy atom. The predicted molar refractivity (Wildman–Crippen MR) is 60.0 cm³/mol. The fourth-order valence-corrected chi connectivity index (χ4v) is 1.44. The van der Waals surface area contributed by atoms with Gasteiger partial charge in [0.15, 0.2) is 0 Å². The van der Waals surface area contributed by atoms with E-state index in [9.17, 15) is 9.59 Å². The average molecular weight is 228 g/mol. The van der Waals surface area contributed by atoms with Crippen molar-refractivity contribution < 1.29 is 14.3 Å². The molecule has 16 heavy (non-hydrogen) atoms. The van der Waals surface area contributed by atoms with Crippen LogP contribution in [0.15, 0.2) is 0 Å². The standard InChI is InChI=1S/C11H20N2O3/c1-3-13(8-9-5-6-9)11(15)12-7-10(14)16-4-2/h9H,3-8H2,1-2H3,(H,12,15). The van der Waals surface area contributed by atoms with Crippen LogP contribution in [-0.4, -0.2) is 43.1 Å². The third kappa shape index (κ3) is 4.51. The molecule has 0 aliphatic heterocycles. The molecule has 0 aromatic rings. The van der Waals surface area contributed by atoms with Crippen molar-refractivity contribution in [3.63, 3.8) is 0 Å². The highest BCUT2D eigenvalue weighted by Crippen LogP contribution is 2.29. The van der Waals surface area contributed by atoms with Crippen LogP contribution in [0.3, 0.4) is 0 Å². The first kappa shape index (κ1) is 12.8. The highest BCUT2D eigenvalue weighted by atomic mass is 16.5. The molecule has 0 heterocycles. The first-order valence-electron chi connectivity index (χ1n) is 5.85. The molecule has 0 bridgehead atoms. The molecule has 5 nitrogen and oxygen atoms in total. The second-order valence-corrected chi connectivity index (χ2v) is 3.95. The summed E-state index contributed by atoms with van der Waals surface area (Å²) in [6.07, 6.45) is 2.42. The third-order valence-corrected chi connectivity index (χ3v) is 2.53. The Labute approximate surface area is 96.1 Å². The number of urea groups is 1. The topological polar surface area (TPSA) is 58.6 Å².